The van der Waals surface area contributed by atoms with Crippen molar-refractivity contribution in [3.8, 4) is 11.1 Å². The van der Waals surface area contributed by atoms with E-state index < -0.39 is 23.5 Å². The van der Waals surface area contributed by atoms with Gasteiger partial charge in [0.25, 0.3) is 5.91 Å². The number of ether oxygens (including phenoxy) is 1. The molecule has 3 N–H and O–H groups in total. The first kappa shape index (κ1) is 36.5. The molecular formula is C38H53FN8O4. The first-order valence-corrected chi connectivity index (χ1v) is 18.7. The fourth-order valence-electron chi connectivity index (χ4n) is 8.44. The Kier molecular flexibility index (Phi) is 11.1. The molecular weight excluding hydrogens is 651 g/mol. The van der Waals surface area contributed by atoms with Crippen molar-refractivity contribution < 1.29 is 23.5 Å². The Labute approximate surface area is 299 Å². The number of hydrogen-bond acceptors (Lipinski definition) is 7. The van der Waals surface area contributed by atoms with E-state index in [9.17, 15) is 14.4 Å². The zero-order valence-electron chi connectivity index (χ0n) is 30.6. The van der Waals surface area contributed by atoms with Gasteiger partial charge in [0.15, 0.2) is 0 Å². The van der Waals surface area contributed by atoms with Gasteiger partial charge in [-0.05, 0) is 70.6 Å². The molecule has 12 nitrogen and oxygen atoms in total. The molecule has 3 aromatic rings. The van der Waals surface area contributed by atoms with E-state index >= 15 is 4.39 Å². The molecule has 0 radical (unpaired) electrons. The summed E-state index contributed by atoms with van der Waals surface area (Å²) >= 11 is 0. The predicted molar refractivity (Wildman–Crippen MR) is 191 cm³/mol. The summed E-state index contributed by atoms with van der Waals surface area (Å²) in [4.78, 5) is 46.8. The van der Waals surface area contributed by atoms with E-state index in [1.54, 1.807) is 40.9 Å². The molecule has 0 unspecified atom stereocenters. The molecule has 0 bridgehead atoms. The quantitative estimate of drug-likeness (QED) is 0.197. The SMILES string of the molecule is Cc1n[nH]c(C)c1-c1ccc(NC(=O)[C@@H](NC(=O)c2ccnn2CC2CN(C(=O)OC(C)(C)C)C2)C(C2CCCCC2)C2CCCCC2)nc1F. The lowest BCUT2D eigenvalue weighted by atomic mass is 9.66. The Morgan fingerprint density at radius 2 is 1.63 bits per heavy atom. The summed E-state index contributed by atoms with van der Waals surface area (Å²) in [5.41, 5.74) is 2.12. The Hall–Kier alpha value is -4.29. The highest BCUT2D eigenvalue weighted by Gasteiger charge is 2.42. The number of carbonyl (C=O) groups excluding carboxylic acids is 3. The van der Waals surface area contributed by atoms with Crippen LogP contribution < -0.4 is 10.6 Å². The maximum Gasteiger partial charge on any atom is 0.410 e. The van der Waals surface area contributed by atoms with Gasteiger partial charge < -0.3 is 20.3 Å². The van der Waals surface area contributed by atoms with Gasteiger partial charge in [0.1, 0.15) is 23.2 Å². The van der Waals surface area contributed by atoms with Crippen LogP contribution in [0.15, 0.2) is 24.4 Å². The van der Waals surface area contributed by atoms with E-state index in [0.717, 1.165) is 57.1 Å². The number of H-pyrrole nitrogens is 1. The second-order valence-electron chi connectivity index (χ2n) is 15.8. The third kappa shape index (κ3) is 8.61. The van der Waals surface area contributed by atoms with Crippen LogP contribution in [0.2, 0.25) is 0 Å². The standard InChI is InChI=1S/C38H53FN8O4/c1-23-31(24(2)45-44-23)28-16-17-30(41-34(28)39)42-36(49)33(32(26-12-8-6-9-13-26)27-14-10-7-11-15-27)43-35(48)29-18-19-40-47(29)22-25-20-46(21-25)37(50)51-38(3,4)5/h16-19,25-27,32-33H,6-15,20-22H2,1-5H3,(H,43,48)(H,44,45)(H,41,42,49)/t33-/m0/s1. The number of nitrogens with one attached hydrogen (secondary N) is 3. The van der Waals surface area contributed by atoms with Crippen molar-refractivity contribution in [2.45, 2.75) is 117 Å². The number of aryl methyl sites for hydroxylation is 2. The number of rotatable bonds is 10. The van der Waals surface area contributed by atoms with Crippen LogP contribution in [0.5, 0.6) is 0 Å². The van der Waals surface area contributed by atoms with Crippen LogP contribution in [-0.2, 0) is 16.1 Å². The van der Waals surface area contributed by atoms with Crippen LogP contribution in [0.1, 0.15) is 107 Å². The maximum absolute atomic E-state index is 15.5. The summed E-state index contributed by atoms with van der Waals surface area (Å²) in [6, 6.07) is 4.03. The molecule has 6 rings (SSSR count). The van der Waals surface area contributed by atoms with Gasteiger partial charge in [-0.2, -0.15) is 14.6 Å². The lowest BCUT2D eigenvalue weighted by Gasteiger charge is -2.42. The van der Waals surface area contributed by atoms with E-state index in [4.69, 9.17) is 4.74 Å². The number of halogens is 1. The van der Waals surface area contributed by atoms with Crippen LogP contribution in [-0.4, -0.2) is 72.5 Å². The average molecular weight is 705 g/mol. The lowest BCUT2D eigenvalue weighted by Crippen LogP contribution is -2.54. The Morgan fingerprint density at radius 3 is 2.20 bits per heavy atom. The summed E-state index contributed by atoms with van der Waals surface area (Å²) in [7, 11) is 0. The number of pyridine rings is 1. The summed E-state index contributed by atoms with van der Waals surface area (Å²) in [6.07, 6.45) is 12.1. The summed E-state index contributed by atoms with van der Waals surface area (Å²) in [5, 5.41) is 17.6. The number of anilines is 1. The number of amides is 3. The third-order valence-corrected chi connectivity index (χ3v) is 10.8. The van der Waals surface area contributed by atoms with E-state index in [0.29, 0.717) is 42.1 Å². The largest absolute Gasteiger partial charge is 0.444 e. The smallest absolute Gasteiger partial charge is 0.410 e. The molecule has 13 heteroatoms. The fourth-order valence-corrected chi connectivity index (χ4v) is 8.44. The molecule has 3 amide bonds. The first-order chi connectivity index (χ1) is 24.4. The van der Waals surface area contributed by atoms with Gasteiger partial charge in [0.2, 0.25) is 11.9 Å². The highest BCUT2D eigenvalue weighted by Crippen LogP contribution is 2.42. The highest BCUT2D eigenvalue weighted by molar-refractivity contribution is 6.00. The average Bonchev–Trinajstić information content (AvgIpc) is 3.68. The van der Waals surface area contributed by atoms with E-state index in [1.807, 2.05) is 27.7 Å². The minimum atomic E-state index is -0.846. The second-order valence-corrected chi connectivity index (χ2v) is 15.8. The molecule has 276 valence electrons. The van der Waals surface area contributed by atoms with Crippen LogP contribution in [0.4, 0.5) is 15.0 Å². The minimum Gasteiger partial charge on any atom is -0.444 e. The van der Waals surface area contributed by atoms with Gasteiger partial charge in [-0.1, -0.05) is 64.2 Å². The zero-order chi connectivity index (χ0) is 36.3. The minimum absolute atomic E-state index is 0.0692. The Bertz CT molecular complexity index is 1660. The number of aromatic nitrogens is 5. The summed E-state index contributed by atoms with van der Waals surface area (Å²) in [5.74, 6) is -0.770. The van der Waals surface area contributed by atoms with Crippen molar-refractivity contribution in [2.75, 3.05) is 18.4 Å². The van der Waals surface area contributed by atoms with Crippen molar-refractivity contribution >= 4 is 23.7 Å². The van der Waals surface area contributed by atoms with Gasteiger partial charge in [0, 0.05) is 48.6 Å². The van der Waals surface area contributed by atoms with Gasteiger partial charge in [-0.15, -0.1) is 0 Å². The maximum atomic E-state index is 15.5. The molecule has 1 atom stereocenters. The normalized spacial score (nSPS) is 18.4. The monoisotopic (exact) mass is 704 g/mol. The zero-order valence-corrected chi connectivity index (χ0v) is 30.6. The molecule has 3 fully saturated rings. The lowest BCUT2D eigenvalue weighted by molar-refractivity contribution is -0.121. The molecule has 2 saturated carbocycles. The molecule has 0 spiro atoms. The van der Waals surface area contributed by atoms with Crippen LogP contribution in [0.25, 0.3) is 11.1 Å². The fraction of sp³-hybridized carbons (Fsp3) is 0.632. The van der Waals surface area contributed by atoms with E-state index in [1.165, 1.54) is 12.8 Å². The number of carbonyl (C=O) groups is 3. The molecule has 3 aliphatic rings. The van der Waals surface area contributed by atoms with Crippen molar-refractivity contribution in [1.29, 1.82) is 0 Å². The van der Waals surface area contributed by atoms with Crippen molar-refractivity contribution in [3.05, 3.63) is 47.4 Å². The van der Waals surface area contributed by atoms with Crippen LogP contribution in [0, 0.1) is 43.5 Å². The predicted octanol–water partition coefficient (Wildman–Crippen LogP) is 6.80. The van der Waals surface area contributed by atoms with Crippen LogP contribution >= 0.6 is 0 Å². The van der Waals surface area contributed by atoms with Crippen molar-refractivity contribution in [2.24, 2.45) is 23.7 Å². The second kappa shape index (κ2) is 15.5. The molecule has 51 heavy (non-hydrogen) atoms. The topological polar surface area (TPSA) is 147 Å². The van der Waals surface area contributed by atoms with Crippen LogP contribution in [0.3, 0.4) is 0 Å². The highest BCUT2D eigenvalue weighted by atomic mass is 19.1. The van der Waals surface area contributed by atoms with Gasteiger partial charge >= 0.3 is 6.09 Å². The Morgan fingerprint density at radius 1 is 0.980 bits per heavy atom. The van der Waals surface area contributed by atoms with Gasteiger partial charge in [0.05, 0.1) is 5.69 Å². The van der Waals surface area contributed by atoms with Crippen molar-refractivity contribution in [1.82, 2.24) is 35.2 Å². The van der Waals surface area contributed by atoms with Crippen molar-refractivity contribution in [3.63, 3.8) is 0 Å². The third-order valence-electron chi connectivity index (χ3n) is 10.8. The first-order valence-electron chi connectivity index (χ1n) is 18.7. The summed E-state index contributed by atoms with van der Waals surface area (Å²) < 4.78 is 22.6. The molecule has 3 aromatic heterocycles. The van der Waals surface area contributed by atoms with E-state index in [-0.39, 0.29) is 41.5 Å². The molecule has 4 heterocycles. The number of nitrogens with zero attached hydrogens (tertiary/aromatic N) is 5. The number of aromatic amines is 1. The van der Waals surface area contributed by atoms with Gasteiger partial charge in [-0.3, -0.25) is 19.4 Å². The molecule has 1 aliphatic heterocycles. The Balaban J connectivity index is 1.23. The number of likely N-dealkylation sites (tertiary alicyclic amines) is 1. The molecule has 2 aliphatic carbocycles. The molecule has 0 aromatic carbocycles. The number of hydrogen-bond donors (Lipinski definition) is 3. The summed E-state index contributed by atoms with van der Waals surface area (Å²) in [6.45, 7) is 10.6. The van der Waals surface area contributed by atoms with E-state index in [2.05, 4.69) is 30.9 Å². The molecule has 1 saturated heterocycles. The van der Waals surface area contributed by atoms with Gasteiger partial charge in [-0.25, -0.2) is 9.78 Å².